The summed E-state index contributed by atoms with van der Waals surface area (Å²) in [6, 6.07) is -1.18. The number of urea groups is 1. The number of amides is 2. The number of aromatic nitrogens is 2. The van der Waals surface area contributed by atoms with E-state index in [2.05, 4.69) is 15.3 Å². The SMILES string of the molecule is CSCCCCNC(=O)N1Cc2[nH]cnc2CC1C(=O)O. The van der Waals surface area contributed by atoms with Crippen LogP contribution in [0.4, 0.5) is 4.79 Å². The fourth-order valence-corrected chi connectivity index (χ4v) is 2.83. The molecule has 1 aliphatic heterocycles. The molecule has 1 aliphatic rings. The molecule has 0 aliphatic carbocycles. The highest BCUT2D eigenvalue weighted by molar-refractivity contribution is 7.98. The number of rotatable bonds is 6. The second-order valence-electron chi connectivity index (χ2n) is 4.95. The number of carboxylic acid groups (broad SMARTS) is 1. The first kappa shape index (κ1) is 15.7. The normalized spacial score (nSPS) is 17.4. The monoisotopic (exact) mass is 312 g/mol. The van der Waals surface area contributed by atoms with Crippen LogP contribution in [0.5, 0.6) is 0 Å². The summed E-state index contributed by atoms with van der Waals surface area (Å²) >= 11 is 1.77. The van der Waals surface area contributed by atoms with Crippen molar-refractivity contribution >= 4 is 23.8 Å². The van der Waals surface area contributed by atoms with E-state index in [0.29, 0.717) is 6.54 Å². The number of hydrogen-bond acceptors (Lipinski definition) is 4. The zero-order valence-corrected chi connectivity index (χ0v) is 12.8. The number of carbonyl (C=O) groups is 2. The number of thioether (sulfide) groups is 1. The Morgan fingerprint density at radius 2 is 2.38 bits per heavy atom. The fourth-order valence-electron chi connectivity index (χ4n) is 2.34. The molecule has 1 unspecified atom stereocenters. The van der Waals surface area contributed by atoms with Crippen LogP contribution < -0.4 is 5.32 Å². The number of aromatic amines is 1. The molecule has 2 rings (SSSR count). The van der Waals surface area contributed by atoms with Gasteiger partial charge in [0.15, 0.2) is 0 Å². The van der Waals surface area contributed by atoms with Crippen molar-refractivity contribution in [2.75, 3.05) is 18.6 Å². The molecule has 21 heavy (non-hydrogen) atoms. The van der Waals surface area contributed by atoms with Crippen LogP contribution in [0.15, 0.2) is 6.33 Å². The predicted molar refractivity (Wildman–Crippen MR) is 80.3 cm³/mol. The highest BCUT2D eigenvalue weighted by Crippen LogP contribution is 2.20. The number of imidazole rings is 1. The van der Waals surface area contributed by atoms with E-state index >= 15 is 0 Å². The summed E-state index contributed by atoms with van der Waals surface area (Å²) < 4.78 is 0. The highest BCUT2D eigenvalue weighted by Gasteiger charge is 2.35. The Bertz CT molecular complexity index is 505. The van der Waals surface area contributed by atoms with Crippen molar-refractivity contribution in [2.24, 2.45) is 0 Å². The summed E-state index contributed by atoms with van der Waals surface area (Å²) in [5.41, 5.74) is 1.54. The summed E-state index contributed by atoms with van der Waals surface area (Å²) in [6.07, 6.45) is 5.76. The molecule has 1 aromatic heterocycles. The number of nitrogens with one attached hydrogen (secondary N) is 2. The van der Waals surface area contributed by atoms with Crippen LogP contribution in [0.3, 0.4) is 0 Å². The van der Waals surface area contributed by atoms with E-state index in [1.807, 2.05) is 6.26 Å². The van der Waals surface area contributed by atoms with Gasteiger partial charge in [0, 0.05) is 13.0 Å². The van der Waals surface area contributed by atoms with Gasteiger partial charge in [0.2, 0.25) is 0 Å². The molecule has 116 valence electrons. The maximum absolute atomic E-state index is 12.2. The average molecular weight is 312 g/mol. The molecule has 0 saturated heterocycles. The van der Waals surface area contributed by atoms with Crippen molar-refractivity contribution in [3.05, 3.63) is 17.7 Å². The van der Waals surface area contributed by atoms with Crippen LogP contribution in [0.2, 0.25) is 0 Å². The lowest BCUT2D eigenvalue weighted by Gasteiger charge is -2.32. The highest BCUT2D eigenvalue weighted by atomic mass is 32.2. The van der Waals surface area contributed by atoms with Gasteiger partial charge in [0.1, 0.15) is 6.04 Å². The number of aliphatic carboxylic acids is 1. The number of fused-ring (bicyclic) bond motifs is 1. The van der Waals surface area contributed by atoms with Gasteiger partial charge in [-0.25, -0.2) is 14.6 Å². The Labute approximate surface area is 127 Å². The Hall–Kier alpha value is -1.70. The standard InChI is InChI=1S/C13H20N4O3S/c1-21-5-3-2-4-14-13(20)17-7-10-9(15-8-16-10)6-11(17)12(18)19/h8,11H,2-7H2,1H3,(H,14,20)(H,15,16)(H,18,19). The van der Waals surface area contributed by atoms with E-state index in [0.717, 1.165) is 30.0 Å². The molecule has 8 heteroatoms. The van der Waals surface area contributed by atoms with Crippen molar-refractivity contribution in [3.8, 4) is 0 Å². The van der Waals surface area contributed by atoms with Crippen LogP contribution in [0.1, 0.15) is 24.2 Å². The van der Waals surface area contributed by atoms with Gasteiger partial charge in [-0.2, -0.15) is 11.8 Å². The zero-order chi connectivity index (χ0) is 15.2. The minimum absolute atomic E-state index is 0.244. The molecule has 0 bridgehead atoms. The summed E-state index contributed by atoms with van der Waals surface area (Å²) in [4.78, 5) is 32.0. The maximum Gasteiger partial charge on any atom is 0.326 e. The average Bonchev–Trinajstić information content (AvgIpc) is 2.92. The third-order valence-electron chi connectivity index (χ3n) is 3.50. The van der Waals surface area contributed by atoms with Crippen molar-refractivity contribution < 1.29 is 14.7 Å². The second kappa shape index (κ2) is 7.35. The quantitative estimate of drug-likeness (QED) is 0.683. The molecule has 2 heterocycles. The fraction of sp³-hybridized carbons (Fsp3) is 0.615. The number of nitrogens with zero attached hydrogens (tertiary/aromatic N) is 2. The van der Waals surface area contributed by atoms with Gasteiger partial charge in [0.05, 0.1) is 24.3 Å². The Morgan fingerprint density at radius 1 is 1.57 bits per heavy atom. The Morgan fingerprint density at radius 3 is 3.10 bits per heavy atom. The maximum atomic E-state index is 12.2. The number of H-pyrrole nitrogens is 1. The number of carboxylic acids is 1. The van der Waals surface area contributed by atoms with Crippen LogP contribution in [0.25, 0.3) is 0 Å². The molecule has 1 atom stereocenters. The minimum Gasteiger partial charge on any atom is -0.480 e. The molecule has 0 saturated carbocycles. The van der Waals surface area contributed by atoms with Gasteiger partial charge in [-0.05, 0) is 24.9 Å². The molecular weight excluding hydrogens is 292 g/mol. The van der Waals surface area contributed by atoms with E-state index in [1.165, 1.54) is 11.2 Å². The summed E-state index contributed by atoms with van der Waals surface area (Å²) in [5, 5.41) is 12.1. The lowest BCUT2D eigenvalue weighted by atomic mass is 10.0. The van der Waals surface area contributed by atoms with Crippen molar-refractivity contribution in [1.82, 2.24) is 20.2 Å². The number of hydrogen-bond donors (Lipinski definition) is 3. The van der Waals surface area contributed by atoms with E-state index in [9.17, 15) is 14.7 Å². The third-order valence-corrected chi connectivity index (χ3v) is 4.19. The van der Waals surface area contributed by atoms with Gasteiger partial charge in [-0.15, -0.1) is 0 Å². The molecule has 0 aromatic carbocycles. The number of unbranched alkanes of at least 4 members (excludes halogenated alkanes) is 1. The van der Waals surface area contributed by atoms with E-state index in [4.69, 9.17) is 0 Å². The van der Waals surface area contributed by atoms with Gasteiger partial charge in [-0.3, -0.25) is 0 Å². The van der Waals surface area contributed by atoms with Crippen molar-refractivity contribution in [2.45, 2.75) is 31.8 Å². The lowest BCUT2D eigenvalue weighted by molar-refractivity contribution is -0.142. The topological polar surface area (TPSA) is 98.3 Å². The Balaban J connectivity index is 1.93. The first-order valence-electron chi connectivity index (χ1n) is 6.90. The van der Waals surface area contributed by atoms with Crippen molar-refractivity contribution in [1.29, 1.82) is 0 Å². The third kappa shape index (κ3) is 3.90. The molecule has 0 radical (unpaired) electrons. The smallest absolute Gasteiger partial charge is 0.326 e. The van der Waals surface area contributed by atoms with Crippen LogP contribution in [-0.4, -0.2) is 56.6 Å². The minimum atomic E-state index is -0.999. The van der Waals surface area contributed by atoms with Crippen LogP contribution in [0, 0.1) is 0 Å². The van der Waals surface area contributed by atoms with E-state index in [1.54, 1.807) is 11.8 Å². The summed E-state index contributed by atoms with van der Waals surface area (Å²) in [5.74, 6) is 0.0654. The molecule has 7 nitrogen and oxygen atoms in total. The zero-order valence-electron chi connectivity index (χ0n) is 12.0. The van der Waals surface area contributed by atoms with Crippen molar-refractivity contribution in [3.63, 3.8) is 0 Å². The largest absolute Gasteiger partial charge is 0.480 e. The summed E-state index contributed by atoms with van der Waals surface area (Å²) in [6.45, 7) is 0.820. The second-order valence-corrected chi connectivity index (χ2v) is 5.93. The molecule has 1 aromatic rings. The first-order valence-corrected chi connectivity index (χ1v) is 8.30. The van der Waals surface area contributed by atoms with Gasteiger partial charge in [-0.1, -0.05) is 0 Å². The number of carbonyl (C=O) groups excluding carboxylic acids is 1. The molecule has 0 fully saturated rings. The molecular formula is C13H20N4O3S. The molecule has 3 N–H and O–H groups in total. The molecule has 0 spiro atoms. The first-order chi connectivity index (χ1) is 10.1. The van der Waals surface area contributed by atoms with Crippen LogP contribution >= 0.6 is 11.8 Å². The predicted octanol–water partition coefficient (Wildman–Crippen LogP) is 1.07. The lowest BCUT2D eigenvalue weighted by Crippen LogP contribution is -2.52. The van der Waals surface area contributed by atoms with E-state index in [-0.39, 0.29) is 19.0 Å². The Kier molecular flexibility index (Phi) is 5.49. The molecule has 2 amide bonds. The van der Waals surface area contributed by atoms with Gasteiger partial charge in [0.25, 0.3) is 0 Å². The van der Waals surface area contributed by atoms with Gasteiger partial charge >= 0.3 is 12.0 Å². The van der Waals surface area contributed by atoms with Gasteiger partial charge < -0.3 is 20.3 Å². The van der Waals surface area contributed by atoms with E-state index < -0.39 is 12.0 Å². The van der Waals surface area contributed by atoms with Crippen LogP contribution in [-0.2, 0) is 17.8 Å². The summed E-state index contributed by atoms with van der Waals surface area (Å²) in [7, 11) is 0.